The van der Waals surface area contributed by atoms with Gasteiger partial charge in [-0.05, 0) is 31.6 Å². The highest BCUT2D eigenvalue weighted by Crippen LogP contribution is 2.33. The molecule has 0 spiro atoms. The van der Waals surface area contributed by atoms with Crippen molar-refractivity contribution in [1.29, 1.82) is 0 Å². The van der Waals surface area contributed by atoms with Gasteiger partial charge in [0.15, 0.2) is 0 Å². The Kier molecular flexibility index (Phi) is 4.39. The molecule has 0 aromatic heterocycles. The van der Waals surface area contributed by atoms with Gasteiger partial charge in [0.2, 0.25) is 0 Å². The Balaban J connectivity index is 2.03. The molecule has 82 valence electrons. The minimum absolute atomic E-state index is 0.138. The van der Waals surface area contributed by atoms with E-state index in [9.17, 15) is 4.79 Å². The molecule has 0 aromatic rings. The van der Waals surface area contributed by atoms with Crippen molar-refractivity contribution in [3.05, 3.63) is 0 Å². The number of esters is 1. The lowest BCUT2D eigenvalue weighted by Gasteiger charge is -2.38. The molecular weight excluding hydrogens is 178 g/mol. The lowest BCUT2D eigenvalue weighted by molar-refractivity contribution is -0.142. The van der Waals surface area contributed by atoms with E-state index in [1.807, 2.05) is 6.92 Å². The maximum absolute atomic E-state index is 11.0. The van der Waals surface area contributed by atoms with Gasteiger partial charge >= 0.3 is 5.97 Å². The van der Waals surface area contributed by atoms with Gasteiger partial charge in [-0.25, -0.2) is 0 Å². The number of carbonyl (C=O) groups is 1. The van der Waals surface area contributed by atoms with Crippen molar-refractivity contribution in [3.63, 3.8) is 0 Å². The molecule has 0 radical (unpaired) electrons. The number of carbonyl (C=O) groups excluding carboxylic acids is 1. The third-order valence-corrected chi connectivity index (χ3v) is 2.96. The SMILES string of the molecule is CCOC(=O)CNC1CC(C(C)C)C1. The molecular formula is C11H21NO2. The monoisotopic (exact) mass is 199 g/mol. The average Bonchev–Trinajstić information content (AvgIpc) is 2.01. The molecule has 14 heavy (non-hydrogen) atoms. The first-order chi connectivity index (χ1) is 6.63. The van der Waals surface area contributed by atoms with E-state index in [4.69, 9.17) is 4.74 Å². The molecule has 0 amide bonds. The summed E-state index contributed by atoms with van der Waals surface area (Å²) in [6.45, 7) is 7.18. The highest BCUT2D eigenvalue weighted by molar-refractivity contribution is 5.71. The van der Waals surface area contributed by atoms with E-state index in [0.29, 0.717) is 19.2 Å². The van der Waals surface area contributed by atoms with Crippen LogP contribution < -0.4 is 5.32 Å². The van der Waals surface area contributed by atoms with E-state index in [-0.39, 0.29) is 5.97 Å². The van der Waals surface area contributed by atoms with Crippen molar-refractivity contribution in [2.45, 2.75) is 39.7 Å². The van der Waals surface area contributed by atoms with Crippen molar-refractivity contribution in [1.82, 2.24) is 5.32 Å². The molecule has 1 aliphatic rings. The zero-order chi connectivity index (χ0) is 10.6. The summed E-state index contributed by atoms with van der Waals surface area (Å²) in [7, 11) is 0. The first-order valence-corrected chi connectivity index (χ1v) is 5.52. The number of nitrogens with one attached hydrogen (secondary N) is 1. The molecule has 0 aliphatic heterocycles. The van der Waals surface area contributed by atoms with Crippen molar-refractivity contribution in [2.75, 3.05) is 13.2 Å². The van der Waals surface area contributed by atoms with Gasteiger partial charge in [-0.2, -0.15) is 0 Å². The minimum atomic E-state index is -0.138. The maximum atomic E-state index is 11.0. The van der Waals surface area contributed by atoms with Gasteiger partial charge in [-0.1, -0.05) is 13.8 Å². The summed E-state index contributed by atoms with van der Waals surface area (Å²) in [6, 6.07) is 0.534. The van der Waals surface area contributed by atoms with Crippen molar-refractivity contribution < 1.29 is 9.53 Å². The van der Waals surface area contributed by atoms with Gasteiger partial charge in [-0.15, -0.1) is 0 Å². The maximum Gasteiger partial charge on any atom is 0.319 e. The van der Waals surface area contributed by atoms with Crippen LogP contribution in [0.5, 0.6) is 0 Å². The molecule has 1 aliphatic carbocycles. The highest BCUT2D eigenvalue weighted by atomic mass is 16.5. The number of ether oxygens (including phenoxy) is 1. The minimum Gasteiger partial charge on any atom is -0.465 e. The van der Waals surface area contributed by atoms with Crippen LogP contribution in [0.3, 0.4) is 0 Å². The van der Waals surface area contributed by atoms with Crippen LogP contribution >= 0.6 is 0 Å². The van der Waals surface area contributed by atoms with Gasteiger partial charge in [0.1, 0.15) is 0 Å². The Bertz CT molecular complexity index is 186. The quantitative estimate of drug-likeness (QED) is 0.683. The first-order valence-electron chi connectivity index (χ1n) is 5.52. The van der Waals surface area contributed by atoms with Crippen molar-refractivity contribution in [3.8, 4) is 0 Å². The molecule has 1 N–H and O–H groups in total. The molecule has 1 rings (SSSR count). The van der Waals surface area contributed by atoms with Gasteiger partial charge in [0, 0.05) is 6.04 Å². The Hall–Kier alpha value is -0.570. The van der Waals surface area contributed by atoms with Crippen molar-refractivity contribution in [2.24, 2.45) is 11.8 Å². The first kappa shape index (κ1) is 11.5. The van der Waals surface area contributed by atoms with Gasteiger partial charge in [0.25, 0.3) is 0 Å². The molecule has 0 bridgehead atoms. The molecule has 0 atom stereocenters. The lowest BCUT2D eigenvalue weighted by Crippen LogP contribution is -2.45. The number of rotatable bonds is 5. The average molecular weight is 199 g/mol. The largest absolute Gasteiger partial charge is 0.465 e. The predicted octanol–water partition coefficient (Wildman–Crippen LogP) is 1.57. The third-order valence-electron chi connectivity index (χ3n) is 2.96. The number of hydrogen-bond donors (Lipinski definition) is 1. The topological polar surface area (TPSA) is 38.3 Å². The Morgan fingerprint density at radius 1 is 1.50 bits per heavy atom. The fourth-order valence-corrected chi connectivity index (χ4v) is 1.81. The summed E-state index contributed by atoms with van der Waals surface area (Å²) in [4.78, 5) is 11.0. The lowest BCUT2D eigenvalue weighted by atomic mass is 9.74. The number of hydrogen-bond acceptors (Lipinski definition) is 3. The van der Waals surface area contributed by atoms with Crippen LogP contribution in [-0.2, 0) is 9.53 Å². The summed E-state index contributed by atoms with van der Waals surface area (Å²) in [6.07, 6.45) is 2.41. The van der Waals surface area contributed by atoms with Gasteiger partial charge < -0.3 is 10.1 Å². The van der Waals surface area contributed by atoms with E-state index in [2.05, 4.69) is 19.2 Å². The van der Waals surface area contributed by atoms with Crippen LogP contribution in [0.4, 0.5) is 0 Å². The second-order valence-corrected chi connectivity index (χ2v) is 4.36. The molecule has 0 unspecified atom stereocenters. The second kappa shape index (κ2) is 5.35. The second-order valence-electron chi connectivity index (χ2n) is 4.36. The van der Waals surface area contributed by atoms with Gasteiger partial charge in [-0.3, -0.25) is 4.79 Å². The summed E-state index contributed by atoms with van der Waals surface area (Å²) in [5, 5.41) is 3.21. The van der Waals surface area contributed by atoms with Crippen LogP contribution in [-0.4, -0.2) is 25.2 Å². The molecule has 0 aromatic carbocycles. The van der Waals surface area contributed by atoms with E-state index >= 15 is 0 Å². The fraction of sp³-hybridized carbons (Fsp3) is 0.909. The molecule has 1 saturated carbocycles. The third kappa shape index (κ3) is 3.29. The Morgan fingerprint density at radius 2 is 2.14 bits per heavy atom. The highest BCUT2D eigenvalue weighted by Gasteiger charge is 2.30. The van der Waals surface area contributed by atoms with Crippen molar-refractivity contribution >= 4 is 5.97 Å². The van der Waals surface area contributed by atoms with Crippen LogP contribution in [0.25, 0.3) is 0 Å². The molecule has 1 fully saturated rings. The summed E-state index contributed by atoms with van der Waals surface area (Å²) < 4.78 is 4.83. The summed E-state index contributed by atoms with van der Waals surface area (Å²) in [5.41, 5.74) is 0. The van der Waals surface area contributed by atoms with Crippen LogP contribution in [0.2, 0.25) is 0 Å². The normalized spacial score (nSPS) is 26.0. The molecule has 0 saturated heterocycles. The molecule has 3 nitrogen and oxygen atoms in total. The van der Waals surface area contributed by atoms with E-state index in [0.717, 1.165) is 11.8 Å². The zero-order valence-corrected chi connectivity index (χ0v) is 9.38. The van der Waals surface area contributed by atoms with E-state index in [1.54, 1.807) is 0 Å². The van der Waals surface area contributed by atoms with Crippen LogP contribution in [0.15, 0.2) is 0 Å². The standard InChI is InChI=1S/C11H21NO2/c1-4-14-11(13)7-12-10-5-9(6-10)8(2)3/h8-10,12H,4-7H2,1-3H3. The van der Waals surface area contributed by atoms with Crippen LogP contribution in [0, 0.1) is 11.8 Å². The van der Waals surface area contributed by atoms with E-state index in [1.165, 1.54) is 12.8 Å². The smallest absolute Gasteiger partial charge is 0.319 e. The Labute approximate surface area is 86.2 Å². The molecule has 0 heterocycles. The molecule has 3 heteroatoms. The van der Waals surface area contributed by atoms with Crippen LogP contribution in [0.1, 0.15) is 33.6 Å². The van der Waals surface area contributed by atoms with E-state index < -0.39 is 0 Å². The van der Waals surface area contributed by atoms with Gasteiger partial charge in [0.05, 0.1) is 13.2 Å². The fourth-order valence-electron chi connectivity index (χ4n) is 1.81. The Morgan fingerprint density at radius 3 is 2.64 bits per heavy atom. The summed E-state index contributed by atoms with van der Waals surface area (Å²) in [5.74, 6) is 1.48. The zero-order valence-electron chi connectivity index (χ0n) is 9.38. The summed E-state index contributed by atoms with van der Waals surface area (Å²) >= 11 is 0. The predicted molar refractivity (Wildman–Crippen MR) is 56.0 cm³/mol.